The van der Waals surface area contributed by atoms with Crippen molar-refractivity contribution in [2.45, 2.75) is 32.0 Å². The zero-order valence-electron chi connectivity index (χ0n) is 26.1. The summed E-state index contributed by atoms with van der Waals surface area (Å²) in [4.78, 5) is 69.8. The number of imide groups is 2. The first-order chi connectivity index (χ1) is 23.9. The zero-order valence-corrected chi connectivity index (χ0v) is 26.9. The standard InChI is InChI=1S/C35H25ClF4N2O9/c1-34-22(30(46)42(33(34)50)14-3-8-24(37)23(36)10-14)13-20-17(28(34)21-12-16(4-9-25(21)43)51-35(38,39)40)6-7-19-27(20)31(47)41(29(19)45)15-2-5-18(32(48)49)26(44)11-15/h2-6,8-12,19-20,22,27-28,43-44H,7,13H2,1H3,(H,48,49)/t19-,20+,22-,27-,28+,34+/m0/s1. The molecule has 264 valence electrons. The van der Waals surface area contributed by atoms with Gasteiger partial charge in [0.2, 0.25) is 23.6 Å². The molecule has 0 unspecified atom stereocenters. The number of allylic oxidation sites excluding steroid dienone is 2. The maximum atomic E-state index is 14.5. The van der Waals surface area contributed by atoms with Crippen LogP contribution in [0.3, 0.4) is 0 Å². The molecule has 7 rings (SSSR count). The van der Waals surface area contributed by atoms with Crippen LogP contribution in [0.4, 0.5) is 28.9 Å². The van der Waals surface area contributed by atoms with Gasteiger partial charge in [0.25, 0.3) is 0 Å². The summed E-state index contributed by atoms with van der Waals surface area (Å²) < 4.78 is 58.2. The molecule has 16 heteroatoms. The molecule has 0 spiro atoms. The van der Waals surface area contributed by atoms with Crippen LogP contribution in [0.15, 0.2) is 66.2 Å². The van der Waals surface area contributed by atoms with Crippen molar-refractivity contribution in [2.75, 3.05) is 9.80 Å². The number of aromatic carboxylic acids is 1. The second-order valence-corrected chi connectivity index (χ2v) is 13.5. The minimum atomic E-state index is -5.12. The fraction of sp³-hybridized carbons (Fsp3) is 0.286. The van der Waals surface area contributed by atoms with Crippen LogP contribution in [0.1, 0.15) is 41.6 Å². The molecule has 3 N–H and O–H groups in total. The summed E-state index contributed by atoms with van der Waals surface area (Å²) in [5.41, 5.74) is -2.33. The molecular weight excluding hydrogens is 704 g/mol. The van der Waals surface area contributed by atoms with E-state index in [1.807, 2.05) is 0 Å². The van der Waals surface area contributed by atoms with Crippen LogP contribution in [0.5, 0.6) is 17.2 Å². The second kappa shape index (κ2) is 11.5. The number of amides is 4. The second-order valence-electron chi connectivity index (χ2n) is 13.0. The Morgan fingerprint density at radius 1 is 0.902 bits per heavy atom. The largest absolute Gasteiger partial charge is 0.573 e. The van der Waals surface area contributed by atoms with Gasteiger partial charge in [0, 0.05) is 17.5 Å². The van der Waals surface area contributed by atoms with E-state index in [9.17, 15) is 56.9 Å². The highest BCUT2D eigenvalue weighted by atomic mass is 35.5. The normalized spacial score (nSPS) is 27.3. The van der Waals surface area contributed by atoms with E-state index in [0.717, 1.165) is 58.3 Å². The molecule has 4 amide bonds. The van der Waals surface area contributed by atoms with E-state index in [1.165, 1.54) is 13.0 Å². The minimum Gasteiger partial charge on any atom is -0.508 e. The van der Waals surface area contributed by atoms with Gasteiger partial charge in [0.15, 0.2) is 0 Å². The number of hydrogen-bond acceptors (Lipinski definition) is 8. The number of halogens is 5. The molecule has 0 aromatic heterocycles. The first-order valence-electron chi connectivity index (χ1n) is 15.5. The maximum absolute atomic E-state index is 14.5. The van der Waals surface area contributed by atoms with Gasteiger partial charge in [0.05, 0.1) is 39.6 Å². The van der Waals surface area contributed by atoms with Crippen LogP contribution in [-0.2, 0) is 19.2 Å². The molecule has 3 fully saturated rings. The Labute approximate surface area is 290 Å². The lowest BCUT2D eigenvalue weighted by Gasteiger charge is -2.49. The molecule has 2 heterocycles. The molecule has 2 aliphatic heterocycles. The number of rotatable bonds is 5. The number of benzene rings is 3. The summed E-state index contributed by atoms with van der Waals surface area (Å²) in [5.74, 6) is -12.9. The van der Waals surface area contributed by atoms with Crippen molar-refractivity contribution < 1.29 is 61.6 Å². The Balaban J connectivity index is 1.37. The topological polar surface area (TPSA) is 162 Å². The molecule has 3 aromatic rings. The predicted molar refractivity (Wildman–Crippen MR) is 168 cm³/mol. The Hall–Kier alpha value is -5.44. The molecule has 2 aliphatic carbocycles. The van der Waals surface area contributed by atoms with Crippen molar-refractivity contribution in [1.29, 1.82) is 0 Å². The number of ether oxygens (including phenoxy) is 1. The van der Waals surface area contributed by atoms with Gasteiger partial charge in [-0.1, -0.05) is 23.3 Å². The van der Waals surface area contributed by atoms with E-state index in [0.29, 0.717) is 5.57 Å². The number of alkyl halides is 3. The van der Waals surface area contributed by atoms with Gasteiger partial charge in [-0.2, -0.15) is 0 Å². The number of aromatic hydroxyl groups is 2. The summed E-state index contributed by atoms with van der Waals surface area (Å²) in [5, 5.41) is 30.4. The molecule has 6 atom stereocenters. The van der Waals surface area contributed by atoms with Gasteiger partial charge >= 0.3 is 12.3 Å². The number of phenols is 2. The third kappa shape index (κ3) is 5.12. The number of carboxylic acid groups (broad SMARTS) is 1. The Bertz CT molecular complexity index is 2120. The lowest BCUT2D eigenvalue weighted by atomic mass is 9.51. The quantitative estimate of drug-likeness (QED) is 0.165. The molecule has 2 saturated heterocycles. The number of carbonyl (C=O) groups is 5. The van der Waals surface area contributed by atoms with E-state index in [4.69, 9.17) is 11.6 Å². The lowest BCUT2D eigenvalue weighted by molar-refractivity contribution is -0.274. The average molecular weight is 729 g/mol. The summed E-state index contributed by atoms with van der Waals surface area (Å²) in [6, 6.07) is 9.07. The van der Waals surface area contributed by atoms with E-state index in [-0.39, 0.29) is 29.8 Å². The van der Waals surface area contributed by atoms with E-state index in [2.05, 4.69) is 4.74 Å². The molecule has 11 nitrogen and oxygen atoms in total. The summed E-state index contributed by atoms with van der Waals surface area (Å²) >= 11 is 5.99. The predicted octanol–water partition coefficient (Wildman–Crippen LogP) is 5.92. The van der Waals surface area contributed by atoms with Gasteiger partial charge in [-0.15, -0.1) is 13.2 Å². The smallest absolute Gasteiger partial charge is 0.508 e. The van der Waals surface area contributed by atoms with E-state index in [1.54, 1.807) is 6.08 Å². The van der Waals surface area contributed by atoms with Crippen LogP contribution in [-0.4, -0.2) is 51.3 Å². The maximum Gasteiger partial charge on any atom is 0.573 e. The number of fused-ring (bicyclic) bond motifs is 4. The Kier molecular flexibility index (Phi) is 7.71. The van der Waals surface area contributed by atoms with Crippen molar-refractivity contribution in [3.05, 3.63) is 88.2 Å². The number of carbonyl (C=O) groups excluding carboxylic acids is 4. The van der Waals surface area contributed by atoms with Crippen LogP contribution in [0, 0.1) is 34.9 Å². The molecule has 0 radical (unpaired) electrons. The minimum absolute atomic E-state index is 0.0765. The molecule has 3 aromatic carbocycles. The number of hydrogen-bond donors (Lipinski definition) is 3. The zero-order chi connectivity index (χ0) is 36.9. The van der Waals surface area contributed by atoms with Gasteiger partial charge < -0.3 is 20.1 Å². The van der Waals surface area contributed by atoms with Crippen LogP contribution >= 0.6 is 11.6 Å². The summed E-state index contributed by atoms with van der Waals surface area (Å²) in [6.07, 6.45) is -3.79. The number of carboxylic acids is 1. The van der Waals surface area contributed by atoms with Crippen molar-refractivity contribution >= 4 is 52.6 Å². The monoisotopic (exact) mass is 728 g/mol. The molecular formula is C35H25ClF4N2O9. The molecule has 4 aliphatic rings. The molecule has 1 saturated carbocycles. The highest BCUT2D eigenvalue weighted by Gasteiger charge is 2.68. The van der Waals surface area contributed by atoms with Crippen molar-refractivity contribution in [2.24, 2.45) is 29.1 Å². The fourth-order valence-corrected chi connectivity index (χ4v) is 8.46. The molecule has 51 heavy (non-hydrogen) atoms. The number of anilines is 2. The summed E-state index contributed by atoms with van der Waals surface area (Å²) in [6.45, 7) is 1.42. The first-order valence-corrected chi connectivity index (χ1v) is 15.9. The lowest BCUT2D eigenvalue weighted by Crippen LogP contribution is -2.49. The third-order valence-electron chi connectivity index (χ3n) is 10.4. The number of phenolic OH excluding ortho intramolecular Hbond substituents is 1. The fourth-order valence-electron chi connectivity index (χ4n) is 8.28. The Morgan fingerprint density at radius 3 is 2.24 bits per heavy atom. The van der Waals surface area contributed by atoms with Crippen molar-refractivity contribution in [3.63, 3.8) is 0 Å². The number of nitrogens with zero attached hydrogens (tertiary/aromatic N) is 2. The Morgan fingerprint density at radius 2 is 1.59 bits per heavy atom. The van der Waals surface area contributed by atoms with E-state index < -0.39 is 105 Å². The third-order valence-corrected chi connectivity index (χ3v) is 10.7. The van der Waals surface area contributed by atoms with Crippen LogP contribution in [0.2, 0.25) is 5.02 Å². The summed E-state index contributed by atoms with van der Waals surface area (Å²) in [7, 11) is 0. The van der Waals surface area contributed by atoms with Gasteiger partial charge in [-0.25, -0.2) is 19.0 Å². The highest BCUT2D eigenvalue weighted by Crippen LogP contribution is 2.64. The van der Waals surface area contributed by atoms with Gasteiger partial charge in [-0.05, 0) is 74.2 Å². The average Bonchev–Trinajstić information content (AvgIpc) is 3.42. The highest BCUT2D eigenvalue weighted by molar-refractivity contribution is 6.32. The first kappa shape index (κ1) is 34.0. The SMILES string of the molecule is C[C@@]12C(=O)N(c3ccc(F)c(Cl)c3)C(=O)[C@@H]1C[C@@H]1C(=CC[C@@H]3C(=O)N(c4ccc(C(=O)O)c(O)c4)C(=O)[C@@H]31)[C@@H]2c1cc(OC(F)(F)F)ccc1O. The van der Waals surface area contributed by atoms with Crippen molar-refractivity contribution in [3.8, 4) is 17.2 Å². The van der Waals surface area contributed by atoms with Gasteiger partial charge in [-0.3, -0.25) is 19.2 Å². The van der Waals surface area contributed by atoms with Gasteiger partial charge in [0.1, 0.15) is 28.6 Å². The molecule has 0 bridgehead atoms. The van der Waals surface area contributed by atoms with Crippen molar-refractivity contribution in [1.82, 2.24) is 0 Å². The van der Waals surface area contributed by atoms with Crippen LogP contribution < -0.4 is 14.5 Å². The van der Waals surface area contributed by atoms with Crippen LogP contribution in [0.25, 0.3) is 0 Å². The van der Waals surface area contributed by atoms with E-state index >= 15 is 0 Å².